The van der Waals surface area contributed by atoms with E-state index in [2.05, 4.69) is 0 Å². The molecule has 4 nitrogen and oxygen atoms in total. The SMILES string of the molecule is CC(C)CCON1C(=O)[C@@H]2[C@H](C1=O)[C@]1(Cl)C(Cl)=C(Cl)[C@]2(Cl)C1(Cl)Cl. The molecule has 2 fully saturated rings. The number of hydrogen-bond acceptors (Lipinski definition) is 3. The summed E-state index contributed by atoms with van der Waals surface area (Å²) in [6.07, 6.45) is 0.666. The van der Waals surface area contributed by atoms with Gasteiger partial charge in [-0.25, -0.2) is 0 Å². The van der Waals surface area contributed by atoms with Gasteiger partial charge < -0.3 is 0 Å². The molecule has 0 radical (unpaired) electrons. The molecular weight excluding hydrogens is 443 g/mol. The Morgan fingerprint density at radius 3 is 1.79 bits per heavy atom. The molecule has 0 spiro atoms. The summed E-state index contributed by atoms with van der Waals surface area (Å²) in [7, 11) is 0. The van der Waals surface area contributed by atoms with Gasteiger partial charge >= 0.3 is 0 Å². The lowest BCUT2D eigenvalue weighted by molar-refractivity contribution is -0.190. The van der Waals surface area contributed by atoms with Crippen LogP contribution in [0.3, 0.4) is 0 Å². The molecule has 1 aliphatic heterocycles. The molecule has 24 heavy (non-hydrogen) atoms. The van der Waals surface area contributed by atoms with Crippen molar-refractivity contribution in [1.82, 2.24) is 5.06 Å². The molecule has 3 rings (SSSR count). The van der Waals surface area contributed by atoms with Crippen LogP contribution in [0.1, 0.15) is 20.3 Å². The highest BCUT2D eigenvalue weighted by Crippen LogP contribution is 2.77. The van der Waals surface area contributed by atoms with Crippen LogP contribution in [0.2, 0.25) is 0 Å². The number of hydrogen-bond donors (Lipinski definition) is 0. The monoisotopic (exact) mass is 453 g/mol. The fourth-order valence-corrected chi connectivity index (χ4v) is 6.41. The van der Waals surface area contributed by atoms with E-state index in [4.69, 9.17) is 74.4 Å². The fourth-order valence-electron chi connectivity index (χ4n) is 3.48. The van der Waals surface area contributed by atoms with Gasteiger partial charge in [0.15, 0.2) is 4.33 Å². The van der Waals surface area contributed by atoms with E-state index in [1.54, 1.807) is 0 Å². The van der Waals surface area contributed by atoms with Crippen molar-refractivity contribution >= 4 is 81.4 Å². The number of carbonyl (C=O) groups is 2. The van der Waals surface area contributed by atoms with Crippen molar-refractivity contribution in [2.24, 2.45) is 17.8 Å². The van der Waals surface area contributed by atoms with Crippen LogP contribution in [-0.4, -0.2) is 37.6 Å². The molecular formula is C14H13Cl6NO3. The highest BCUT2D eigenvalue weighted by atomic mass is 35.5. The Morgan fingerprint density at radius 2 is 1.42 bits per heavy atom. The maximum Gasteiger partial charge on any atom is 0.259 e. The third-order valence-corrected chi connectivity index (χ3v) is 9.04. The number of rotatable bonds is 4. The van der Waals surface area contributed by atoms with E-state index in [1.807, 2.05) is 13.8 Å². The quantitative estimate of drug-likeness (QED) is 0.466. The Hall–Kier alpha value is 0.580. The lowest BCUT2D eigenvalue weighted by Crippen LogP contribution is -2.50. The Kier molecular flexibility index (Phi) is 4.66. The third kappa shape index (κ3) is 2.00. The largest absolute Gasteiger partial charge is 0.272 e. The number of hydroxylamine groups is 2. The first-order valence-electron chi connectivity index (χ1n) is 7.26. The van der Waals surface area contributed by atoms with Gasteiger partial charge in [-0.05, 0) is 12.3 Å². The van der Waals surface area contributed by atoms with Crippen LogP contribution in [0, 0.1) is 17.8 Å². The minimum absolute atomic E-state index is 0.114. The van der Waals surface area contributed by atoms with E-state index in [1.165, 1.54) is 0 Å². The first-order chi connectivity index (χ1) is 10.9. The van der Waals surface area contributed by atoms with Crippen molar-refractivity contribution in [2.75, 3.05) is 6.61 Å². The minimum atomic E-state index is -1.91. The van der Waals surface area contributed by atoms with Gasteiger partial charge in [0.1, 0.15) is 9.75 Å². The van der Waals surface area contributed by atoms with E-state index in [0.29, 0.717) is 17.4 Å². The topological polar surface area (TPSA) is 46.6 Å². The predicted molar refractivity (Wildman–Crippen MR) is 94.6 cm³/mol. The average Bonchev–Trinajstić information content (AvgIpc) is 2.86. The van der Waals surface area contributed by atoms with Crippen LogP contribution in [0.5, 0.6) is 0 Å². The summed E-state index contributed by atoms with van der Waals surface area (Å²) in [6, 6.07) is 0. The Balaban J connectivity index is 1.99. The number of fused-ring (bicyclic) bond motifs is 5. The van der Waals surface area contributed by atoms with Gasteiger partial charge in [-0.1, -0.05) is 60.3 Å². The van der Waals surface area contributed by atoms with Gasteiger partial charge in [-0.15, -0.1) is 23.2 Å². The van der Waals surface area contributed by atoms with Crippen LogP contribution >= 0.6 is 69.6 Å². The molecule has 134 valence electrons. The summed E-state index contributed by atoms with van der Waals surface area (Å²) < 4.78 is -1.91. The van der Waals surface area contributed by atoms with Crippen molar-refractivity contribution in [2.45, 2.75) is 34.3 Å². The molecule has 2 amide bonds. The van der Waals surface area contributed by atoms with Crippen molar-refractivity contribution < 1.29 is 14.4 Å². The van der Waals surface area contributed by atoms with Gasteiger partial charge in [-0.2, -0.15) is 5.06 Å². The molecule has 2 aliphatic carbocycles. The summed E-state index contributed by atoms with van der Waals surface area (Å²) in [5.74, 6) is -3.28. The number of nitrogens with zero attached hydrogens (tertiary/aromatic N) is 1. The molecule has 4 atom stereocenters. The number of amides is 2. The molecule has 0 unspecified atom stereocenters. The Bertz CT molecular complexity index is 619. The van der Waals surface area contributed by atoms with E-state index < -0.39 is 37.7 Å². The van der Waals surface area contributed by atoms with Crippen LogP contribution in [0.25, 0.3) is 0 Å². The van der Waals surface area contributed by atoms with Crippen molar-refractivity contribution in [3.8, 4) is 0 Å². The van der Waals surface area contributed by atoms with Crippen molar-refractivity contribution in [1.29, 1.82) is 0 Å². The number of halogens is 6. The summed E-state index contributed by atoms with van der Waals surface area (Å²) >= 11 is 38.2. The van der Waals surface area contributed by atoms with Gasteiger partial charge in [0.25, 0.3) is 11.8 Å². The second kappa shape index (κ2) is 5.79. The fraction of sp³-hybridized carbons (Fsp3) is 0.714. The summed E-state index contributed by atoms with van der Waals surface area (Å²) in [5.41, 5.74) is 0. The third-order valence-electron chi connectivity index (χ3n) is 4.78. The smallest absolute Gasteiger partial charge is 0.259 e. The molecule has 3 aliphatic rings. The standard InChI is InChI=1S/C14H13Cl6NO3/c1-5(2)3-4-24-21-10(22)6-7(11(21)23)13(18)9(16)8(15)12(6,17)14(13,19)20/h5-7H,3-4H2,1-2H3/t6-,7+,12-,13-/m0/s1. The van der Waals surface area contributed by atoms with E-state index >= 15 is 0 Å². The van der Waals surface area contributed by atoms with Gasteiger partial charge in [-0.3, -0.25) is 14.4 Å². The van der Waals surface area contributed by atoms with E-state index in [9.17, 15) is 9.59 Å². The highest BCUT2D eigenvalue weighted by molar-refractivity contribution is 6.66. The minimum Gasteiger partial charge on any atom is -0.272 e. The highest BCUT2D eigenvalue weighted by Gasteiger charge is 2.87. The predicted octanol–water partition coefficient (Wildman–Crippen LogP) is 4.41. The van der Waals surface area contributed by atoms with Crippen LogP contribution in [0.15, 0.2) is 10.1 Å². The molecule has 1 saturated heterocycles. The lowest BCUT2D eigenvalue weighted by atomic mass is 9.84. The second-order valence-electron chi connectivity index (χ2n) is 6.57. The molecule has 10 heteroatoms. The molecule has 0 aromatic carbocycles. The average molecular weight is 456 g/mol. The van der Waals surface area contributed by atoms with Crippen LogP contribution < -0.4 is 0 Å². The van der Waals surface area contributed by atoms with Crippen molar-refractivity contribution in [3.05, 3.63) is 10.1 Å². The van der Waals surface area contributed by atoms with Crippen LogP contribution in [0.4, 0.5) is 0 Å². The first kappa shape index (κ1) is 19.3. The van der Waals surface area contributed by atoms with Gasteiger partial charge in [0, 0.05) is 0 Å². The lowest BCUT2D eigenvalue weighted by Gasteiger charge is -2.34. The maximum absolute atomic E-state index is 12.7. The molecule has 0 N–H and O–H groups in total. The number of imide groups is 1. The molecule has 0 aromatic rings. The van der Waals surface area contributed by atoms with Crippen molar-refractivity contribution in [3.63, 3.8) is 0 Å². The van der Waals surface area contributed by atoms with Gasteiger partial charge in [0.05, 0.1) is 28.5 Å². The second-order valence-corrected chi connectivity index (χ2v) is 9.84. The van der Waals surface area contributed by atoms with E-state index in [0.717, 1.165) is 0 Å². The first-order valence-corrected chi connectivity index (χ1v) is 9.53. The Labute approximate surface area is 169 Å². The number of alkyl halides is 4. The zero-order chi connectivity index (χ0) is 18.2. The van der Waals surface area contributed by atoms with Gasteiger partial charge in [0.2, 0.25) is 0 Å². The Morgan fingerprint density at radius 1 is 1.00 bits per heavy atom. The molecule has 1 heterocycles. The van der Waals surface area contributed by atoms with Crippen LogP contribution in [-0.2, 0) is 14.4 Å². The summed E-state index contributed by atoms with van der Waals surface area (Å²) in [6.45, 7) is 4.18. The zero-order valence-corrected chi connectivity index (χ0v) is 17.1. The summed E-state index contributed by atoms with van der Waals surface area (Å²) in [4.78, 5) is 27.3. The molecule has 1 saturated carbocycles. The van der Waals surface area contributed by atoms with E-state index in [-0.39, 0.29) is 16.7 Å². The number of allylic oxidation sites excluding steroid dienone is 2. The normalized spacial score (nSPS) is 40.3. The summed E-state index contributed by atoms with van der Waals surface area (Å²) in [5, 5.41) is 0.462. The zero-order valence-electron chi connectivity index (χ0n) is 12.6. The maximum atomic E-state index is 12.7. The number of carbonyl (C=O) groups excluding carboxylic acids is 2. The molecule has 0 aromatic heterocycles. The molecule has 2 bridgehead atoms.